The van der Waals surface area contributed by atoms with E-state index in [-0.39, 0.29) is 12.4 Å². The lowest BCUT2D eigenvalue weighted by atomic mass is 10.1. The maximum absolute atomic E-state index is 4.39. The van der Waals surface area contributed by atoms with E-state index in [4.69, 9.17) is 0 Å². The minimum absolute atomic E-state index is 0. The topological polar surface area (TPSA) is 24.9 Å². The second-order valence-electron chi connectivity index (χ2n) is 4.52. The number of aromatic nitrogens is 1. The van der Waals surface area contributed by atoms with Crippen molar-refractivity contribution in [2.75, 3.05) is 0 Å². The van der Waals surface area contributed by atoms with Gasteiger partial charge in [-0.3, -0.25) is 0 Å². The molecule has 16 heavy (non-hydrogen) atoms. The Labute approximate surface area is 107 Å². The summed E-state index contributed by atoms with van der Waals surface area (Å²) in [5.41, 5.74) is 0. The normalized spacial score (nSPS) is 32.1. The van der Waals surface area contributed by atoms with Crippen molar-refractivity contribution in [3.63, 3.8) is 0 Å². The van der Waals surface area contributed by atoms with Crippen LogP contribution in [0, 0.1) is 0 Å². The van der Waals surface area contributed by atoms with Gasteiger partial charge in [-0.25, -0.2) is 4.98 Å². The van der Waals surface area contributed by atoms with Crippen molar-refractivity contribution in [3.05, 3.63) is 24.4 Å². The number of halogens is 1. The molecule has 0 spiro atoms. The molecule has 0 saturated carbocycles. The smallest absolute Gasteiger partial charge is 0.0962 e. The SMILES string of the molecule is Cl.c1ccc(SC2CC3CCC(C2)N3)nc1. The van der Waals surface area contributed by atoms with Gasteiger partial charge in [0.2, 0.25) is 0 Å². The largest absolute Gasteiger partial charge is 0.311 e. The first-order valence-corrected chi connectivity index (χ1v) is 6.62. The average Bonchev–Trinajstić information content (AvgIpc) is 2.60. The van der Waals surface area contributed by atoms with Crippen LogP contribution in [0.1, 0.15) is 25.7 Å². The van der Waals surface area contributed by atoms with Gasteiger partial charge in [0, 0.05) is 23.5 Å². The minimum Gasteiger partial charge on any atom is -0.311 e. The highest BCUT2D eigenvalue weighted by atomic mass is 35.5. The number of fused-ring (bicyclic) bond motifs is 2. The first-order chi connectivity index (χ1) is 7.40. The fourth-order valence-electron chi connectivity index (χ4n) is 2.69. The van der Waals surface area contributed by atoms with E-state index in [0.717, 1.165) is 17.3 Å². The Hall–Kier alpha value is -0.250. The van der Waals surface area contributed by atoms with Crippen LogP contribution in [-0.2, 0) is 0 Å². The zero-order chi connectivity index (χ0) is 10.1. The van der Waals surface area contributed by atoms with Crippen molar-refractivity contribution in [2.24, 2.45) is 0 Å². The number of nitrogens with one attached hydrogen (secondary N) is 1. The zero-order valence-electron chi connectivity index (χ0n) is 9.13. The predicted octanol–water partition coefficient (Wildman–Crippen LogP) is 2.88. The Morgan fingerprint density at radius 3 is 2.56 bits per heavy atom. The van der Waals surface area contributed by atoms with Gasteiger partial charge in [0.05, 0.1) is 5.03 Å². The van der Waals surface area contributed by atoms with Gasteiger partial charge < -0.3 is 5.32 Å². The Bertz CT molecular complexity index is 321. The molecule has 2 bridgehead atoms. The number of hydrogen-bond donors (Lipinski definition) is 1. The molecule has 2 atom stereocenters. The monoisotopic (exact) mass is 256 g/mol. The lowest BCUT2D eigenvalue weighted by Gasteiger charge is -2.28. The van der Waals surface area contributed by atoms with Gasteiger partial charge in [0.25, 0.3) is 0 Å². The van der Waals surface area contributed by atoms with Crippen LogP contribution in [0.15, 0.2) is 29.4 Å². The number of pyridine rings is 1. The van der Waals surface area contributed by atoms with Crippen LogP contribution in [0.4, 0.5) is 0 Å². The molecule has 0 amide bonds. The first kappa shape index (κ1) is 12.2. The van der Waals surface area contributed by atoms with E-state index in [0.29, 0.717) is 0 Å². The number of nitrogens with zero attached hydrogens (tertiary/aromatic N) is 1. The number of thioether (sulfide) groups is 1. The van der Waals surface area contributed by atoms with Crippen LogP contribution < -0.4 is 5.32 Å². The van der Waals surface area contributed by atoms with Gasteiger partial charge >= 0.3 is 0 Å². The summed E-state index contributed by atoms with van der Waals surface area (Å²) in [6.07, 6.45) is 7.28. The highest BCUT2D eigenvalue weighted by molar-refractivity contribution is 7.99. The third kappa shape index (κ3) is 2.70. The Morgan fingerprint density at radius 1 is 1.19 bits per heavy atom. The molecular weight excluding hydrogens is 240 g/mol. The number of hydrogen-bond acceptors (Lipinski definition) is 3. The molecule has 0 aromatic carbocycles. The van der Waals surface area contributed by atoms with Crippen LogP contribution >= 0.6 is 24.2 Å². The van der Waals surface area contributed by atoms with Crippen LogP contribution in [0.3, 0.4) is 0 Å². The lowest BCUT2D eigenvalue weighted by Crippen LogP contribution is -2.39. The van der Waals surface area contributed by atoms with E-state index in [1.807, 2.05) is 24.0 Å². The fourth-order valence-corrected chi connectivity index (χ4v) is 3.97. The molecule has 2 nitrogen and oxygen atoms in total. The molecule has 0 aliphatic carbocycles. The van der Waals surface area contributed by atoms with E-state index >= 15 is 0 Å². The van der Waals surface area contributed by atoms with Crippen molar-refractivity contribution in [1.82, 2.24) is 10.3 Å². The summed E-state index contributed by atoms with van der Waals surface area (Å²) in [6.45, 7) is 0. The lowest BCUT2D eigenvalue weighted by molar-refractivity contribution is 0.414. The van der Waals surface area contributed by atoms with Gasteiger partial charge in [-0.2, -0.15) is 0 Å². The van der Waals surface area contributed by atoms with Crippen molar-refractivity contribution < 1.29 is 0 Å². The molecule has 88 valence electrons. The molecule has 1 N–H and O–H groups in total. The Morgan fingerprint density at radius 2 is 1.94 bits per heavy atom. The van der Waals surface area contributed by atoms with Gasteiger partial charge in [-0.05, 0) is 37.8 Å². The summed E-state index contributed by atoms with van der Waals surface area (Å²) in [5.74, 6) is 0. The van der Waals surface area contributed by atoms with Gasteiger partial charge in [0.1, 0.15) is 0 Å². The van der Waals surface area contributed by atoms with Crippen LogP contribution in [0.25, 0.3) is 0 Å². The first-order valence-electron chi connectivity index (χ1n) is 5.74. The molecule has 2 saturated heterocycles. The average molecular weight is 257 g/mol. The quantitative estimate of drug-likeness (QED) is 0.881. The molecule has 2 unspecified atom stereocenters. The summed E-state index contributed by atoms with van der Waals surface area (Å²) < 4.78 is 0. The van der Waals surface area contributed by atoms with Crippen molar-refractivity contribution in [3.8, 4) is 0 Å². The molecule has 1 aromatic rings. The Balaban J connectivity index is 0.000000963. The third-order valence-corrected chi connectivity index (χ3v) is 4.56. The van der Waals surface area contributed by atoms with Crippen molar-refractivity contribution >= 4 is 24.2 Å². The molecule has 3 heterocycles. The molecule has 2 aliphatic heterocycles. The maximum atomic E-state index is 4.39. The summed E-state index contributed by atoms with van der Waals surface area (Å²) >= 11 is 1.96. The number of piperidine rings is 1. The fraction of sp³-hybridized carbons (Fsp3) is 0.583. The van der Waals surface area contributed by atoms with Crippen LogP contribution in [0.2, 0.25) is 0 Å². The third-order valence-electron chi connectivity index (χ3n) is 3.35. The predicted molar refractivity (Wildman–Crippen MR) is 70.3 cm³/mol. The molecule has 2 fully saturated rings. The van der Waals surface area contributed by atoms with Gasteiger partial charge in [-0.1, -0.05) is 6.07 Å². The summed E-state index contributed by atoms with van der Waals surface area (Å²) in [5, 5.41) is 5.63. The molecule has 3 rings (SSSR count). The molecule has 1 aromatic heterocycles. The summed E-state index contributed by atoms with van der Waals surface area (Å²) in [6, 6.07) is 7.74. The molecular formula is C12H17ClN2S. The molecule has 4 heteroatoms. The second kappa shape index (κ2) is 5.39. The highest BCUT2D eigenvalue weighted by Gasteiger charge is 2.33. The molecule has 2 aliphatic rings. The van der Waals surface area contributed by atoms with Crippen molar-refractivity contribution in [2.45, 2.75) is 48.0 Å². The second-order valence-corrected chi connectivity index (χ2v) is 5.84. The molecule has 0 radical (unpaired) electrons. The van der Waals surface area contributed by atoms with Crippen LogP contribution in [0.5, 0.6) is 0 Å². The maximum Gasteiger partial charge on any atom is 0.0962 e. The minimum atomic E-state index is 0. The van der Waals surface area contributed by atoms with E-state index in [9.17, 15) is 0 Å². The standard InChI is InChI=1S/C12H16N2S.ClH/c1-2-6-13-12(3-1)15-11-7-9-4-5-10(8-11)14-9;/h1-3,6,9-11,14H,4-5,7-8H2;1H. The van der Waals surface area contributed by atoms with Crippen molar-refractivity contribution in [1.29, 1.82) is 0 Å². The zero-order valence-corrected chi connectivity index (χ0v) is 10.8. The van der Waals surface area contributed by atoms with E-state index < -0.39 is 0 Å². The summed E-state index contributed by atoms with van der Waals surface area (Å²) in [7, 11) is 0. The highest BCUT2D eigenvalue weighted by Crippen LogP contribution is 2.36. The van der Waals surface area contributed by atoms with E-state index in [2.05, 4.69) is 22.4 Å². The number of rotatable bonds is 2. The van der Waals surface area contributed by atoms with E-state index in [1.54, 1.807) is 0 Å². The summed E-state index contributed by atoms with van der Waals surface area (Å²) in [4.78, 5) is 4.39. The van der Waals surface area contributed by atoms with Gasteiger partial charge in [0.15, 0.2) is 0 Å². The Kier molecular flexibility index (Phi) is 4.11. The van der Waals surface area contributed by atoms with Crippen LogP contribution in [-0.4, -0.2) is 22.3 Å². The van der Waals surface area contributed by atoms with Gasteiger partial charge in [-0.15, -0.1) is 24.2 Å². The van der Waals surface area contributed by atoms with E-state index in [1.165, 1.54) is 30.7 Å².